The van der Waals surface area contributed by atoms with Crippen LogP contribution in [0.3, 0.4) is 0 Å². The van der Waals surface area contributed by atoms with Gasteiger partial charge in [-0.3, -0.25) is 14.5 Å². The summed E-state index contributed by atoms with van der Waals surface area (Å²) in [5.74, 6) is 5.92. The van der Waals surface area contributed by atoms with Crippen LogP contribution in [0.4, 0.5) is 30.2 Å². The first-order chi connectivity index (χ1) is 21.1. The highest BCUT2D eigenvalue weighted by atomic mass is 35.5. The Hall–Kier alpha value is -4.32. The van der Waals surface area contributed by atoms with E-state index in [9.17, 15) is 18.0 Å². The van der Waals surface area contributed by atoms with Gasteiger partial charge in [0.15, 0.2) is 0 Å². The van der Waals surface area contributed by atoms with Crippen molar-refractivity contribution in [3.05, 3.63) is 100 Å². The zero-order valence-corrected chi connectivity index (χ0v) is 26.8. The highest BCUT2D eigenvalue weighted by molar-refractivity contribution is 6.33. The summed E-state index contributed by atoms with van der Waals surface area (Å²) in [6, 6.07) is 16.0. The molecule has 1 amide bonds. The zero-order valence-electron chi connectivity index (χ0n) is 26.1. The van der Waals surface area contributed by atoms with Crippen LogP contribution in [0.5, 0.6) is 0 Å². The topological polar surface area (TPSA) is 82.7 Å². The first-order valence-electron chi connectivity index (χ1n) is 14.2. The minimum atomic E-state index is -4.58. The smallest absolute Gasteiger partial charge is 0.373 e. The molecule has 0 saturated carbocycles. The number of alkyl halides is 3. The largest absolute Gasteiger partial charge is 0.416 e. The van der Waals surface area contributed by atoms with E-state index in [1.165, 1.54) is 11.1 Å². The van der Waals surface area contributed by atoms with Gasteiger partial charge in [0.05, 0.1) is 23.1 Å². The SMILES string of the molecule is C/C(=C\N(N)c1cc(C(=O)Nc2cc(N(C)CCN(C)C)cc(C(F)(F)F)c2)ccc1C)c1cnn(C)c1-c1ccccc1Cl. The molecule has 238 valence electrons. The number of carbonyl (C=O) groups excluding carboxylic acids is 1. The second kappa shape index (κ2) is 13.8. The minimum absolute atomic E-state index is 0.0349. The van der Waals surface area contributed by atoms with Gasteiger partial charge in [-0.1, -0.05) is 35.9 Å². The number of aromatic nitrogens is 2. The summed E-state index contributed by atoms with van der Waals surface area (Å²) in [6.07, 6.45) is -1.13. The second-order valence-electron chi connectivity index (χ2n) is 11.2. The summed E-state index contributed by atoms with van der Waals surface area (Å²) in [5, 5.41) is 9.05. The van der Waals surface area contributed by atoms with Crippen LogP contribution in [0.1, 0.15) is 34.0 Å². The summed E-state index contributed by atoms with van der Waals surface area (Å²) in [6.45, 7) is 4.89. The Morgan fingerprint density at radius 2 is 1.78 bits per heavy atom. The van der Waals surface area contributed by atoms with Crippen LogP contribution in [0.15, 0.2) is 73.1 Å². The number of hydrazine groups is 1. The lowest BCUT2D eigenvalue weighted by Gasteiger charge is -2.23. The van der Waals surface area contributed by atoms with Crippen LogP contribution in [0.2, 0.25) is 5.02 Å². The van der Waals surface area contributed by atoms with E-state index in [1.807, 2.05) is 64.2 Å². The Kier molecular flexibility index (Phi) is 10.3. The summed E-state index contributed by atoms with van der Waals surface area (Å²) < 4.78 is 43.0. The fourth-order valence-corrected chi connectivity index (χ4v) is 5.05. The maximum absolute atomic E-state index is 13.8. The van der Waals surface area contributed by atoms with E-state index < -0.39 is 17.6 Å². The lowest BCUT2D eigenvalue weighted by atomic mass is 10.0. The lowest BCUT2D eigenvalue weighted by Crippen LogP contribution is -2.28. The second-order valence-corrected chi connectivity index (χ2v) is 11.6. The van der Waals surface area contributed by atoms with Gasteiger partial charge in [0.2, 0.25) is 0 Å². The van der Waals surface area contributed by atoms with Crippen molar-refractivity contribution in [3.8, 4) is 11.3 Å². The van der Waals surface area contributed by atoms with Crippen LogP contribution in [0, 0.1) is 6.92 Å². The molecule has 0 aliphatic heterocycles. The Labute approximate surface area is 266 Å². The predicted molar refractivity (Wildman–Crippen MR) is 176 cm³/mol. The molecule has 0 radical (unpaired) electrons. The van der Waals surface area contributed by atoms with Crippen molar-refractivity contribution in [2.45, 2.75) is 20.0 Å². The highest BCUT2D eigenvalue weighted by Crippen LogP contribution is 2.36. The highest BCUT2D eigenvalue weighted by Gasteiger charge is 2.32. The number of nitrogens with two attached hydrogens (primary N) is 1. The number of anilines is 3. The molecule has 4 rings (SSSR count). The van der Waals surface area contributed by atoms with Gasteiger partial charge in [0.25, 0.3) is 5.91 Å². The van der Waals surface area contributed by atoms with Crippen molar-refractivity contribution in [2.75, 3.05) is 49.5 Å². The minimum Gasteiger partial charge on any atom is -0.373 e. The molecule has 0 bridgehead atoms. The number of nitrogens with one attached hydrogen (secondary N) is 1. The van der Waals surface area contributed by atoms with Crippen molar-refractivity contribution in [2.24, 2.45) is 12.9 Å². The van der Waals surface area contributed by atoms with Crippen LogP contribution < -0.4 is 21.1 Å². The zero-order chi connectivity index (χ0) is 33.1. The number of hydrogen-bond acceptors (Lipinski definition) is 6. The molecule has 0 unspecified atom stereocenters. The molecule has 0 aliphatic rings. The summed E-state index contributed by atoms with van der Waals surface area (Å²) in [7, 11) is 7.32. The Balaban J connectivity index is 1.61. The van der Waals surface area contributed by atoms with Gasteiger partial charge in [0.1, 0.15) is 0 Å². The maximum atomic E-state index is 13.8. The molecule has 1 heterocycles. The third kappa shape index (κ3) is 8.05. The van der Waals surface area contributed by atoms with Crippen LogP contribution in [-0.2, 0) is 13.2 Å². The molecule has 0 spiro atoms. The normalized spacial score (nSPS) is 12.0. The Morgan fingerprint density at radius 1 is 1.07 bits per heavy atom. The number of amides is 1. The third-order valence-corrected chi connectivity index (χ3v) is 7.73. The summed E-state index contributed by atoms with van der Waals surface area (Å²) in [4.78, 5) is 17.0. The van der Waals surface area contributed by atoms with E-state index in [0.717, 1.165) is 40.1 Å². The average molecular weight is 640 g/mol. The number of likely N-dealkylation sites (N-methyl/N-ethyl adjacent to an activating group) is 2. The molecule has 12 heteroatoms. The van der Waals surface area contributed by atoms with Gasteiger partial charge in [-0.25, -0.2) is 5.84 Å². The van der Waals surface area contributed by atoms with E-state index in [-0.39, 0.29) is 11.3 Å². The van der Waals surface area contributed by atoms with E-state index in [0.29, 0.717) is 29.5 Å². The van der Waals surface area contributed by atoms with E-state index in [1.54, 1.807) is 47.2 Å². The number of rotatable bonds is 10. The van der Waals surface area contributed by atoms with Crippen LogP contribution in [-0.4, -0.2) is 54.8 Å². The molecule has 0 fully saturated rings. The number of hydrogen-bond donors (Lipinski definition) is 2. The van der Waals surface area contributed by atoms with Gasteiger partial charge in [-0.2, -0.15) is 18.3 Å². The Bertz CT molecular complexity index is 1710. The van der Waals surface area contributed by atoms with Gasteiger partial charge < -0.3 is 15.1 Å². The molecule has 0 aliphatic carbocycles. The maximum Gasteiger partial charge on any atom is 0.416 e. The van der Waals surface area contributed by atoms with Crippen LogP contribution >= 0.6 is 11.6 Å². The van der Waals surface area contributed by atoms with Gasteiger partial charge in [-0.15, -0.1) is 0 Å². The van der Waals surface area contributed by atoms with Gasteiger partial charge >= 0.3 is 6.18 Å². The first kappa shape index (κ1) is 33.6. The van der Waals surface area contributed by atoms with E-state index in [4.69, 9.17) is 17.4 Å². The molecule has 0 atom stereocenters. The van der Waals surface area contributed by atoms with Crippen molar-refractivity contribution >= 4 is 40.1 Å². The summed E-state index contributed by atoms with van der Waals surface area (Å²) >= 11 is 6.48. The average Bonchev–Trinajstić information content (AvgIpc) is 3.36. The number of allylic oxidation sites excluding steroid dienone is 1. The number of halogens is 4. The molecule has 3 N–H and O–H groups in total. The van der Waals surface area contributed by atoms with E-state index >= 15 is 0 Å². The number of carbonyl (C=O) groups is 1. The van der Waals surface area contributed by atoms with Crippen LogP contribution in [0.25, 0.3) is 16.8 Å². The van der Waals surface area contributed by atoms with Crippen molar-refractivity contribution < 1.29 is 18.0 Å². The quantitative estimate of drug-likeness (QED) is 0.143. The molecule has 4 aromatic rings. The molecule has 3 aromatic carbocycles. The first-order valence-corrected chi connectivity index (χ1v) is 14.5. The summed E-state index contributed by atoms with van der Waals surface area (Å²) in [5.41, 5.74) is 4.35. The molecular formula is C33H37ClF3N7O. The molecule has 8 nitrogen and oxygen atoms in total. The standard InChI is InChI=1S/C33H37ClF3N7O/c1-21-11-12-23(32(45)40-25-16-24(33(35,36)37)17-26(18-25)42(5)14-13-41(3)4)15-30(21)44(38)20-22(2)28-19-39-43(6)31(28)27-9-7-8-10-29(27)34/h7-12,15-20H,13-14,38H2,1-6H3,(H,40,45)/b22-20+. The van der Waals surface area contributed by atoms with Gasteiger partial charge in [0, 0.05) is 66.5 Å². The van der Waals surface area contributed by atoms with Gasteiger partial charge in [-0.05, 0) is 75.5 Å². The number of benzene rings is 3. The fourth-order valence-electron chi connectivity index (χ4n) is 4.83. The molecular weight excluding hydrogens is 603 g/mol. The van der Waals surface area contributed by atoms with Crippen molar-refractivity contribution in [1.82, 2.24) is 14.7 Å². The number of aryl methyl sites for hydroxylation is 2. The predicted octanol–water partition coefficient (Wildman–Crippen LogP) is 7.06. The number of nitrogens with zero attached hydrogens (tertiary/aromatic N) is 5. The van der Waals surface area contributed by atoms with Crippen molar-refractivity contribution in [1.29, 1.82) is 0 Å². The molecule has 0 saturated heterocycles. The fraction of sp³-hybridized carbons (Fsp3) is 0.273. The molecule has 45 heavy (non-hydrogen) atoms. The third-order valence-electron chi connectivity index (χ3n) is 7.40. The van der Waals surface area contributed by atoms with E-state index in [2.05, 4.69) is 10.4 Å². The lowest BCUT2D eigenvalue weighted by molar-refractivity contribution is -0.137. The van der Waals surface area contributed by atoms with Crippen molar-refractivity contribution in [3.63, 3.8) is 0 Å². The Morgan fingerprint density at radius 3 is 2.44 bits per heavy atom. The monoisotopic (exact) mass is 639 g/mol. The molecule has 1 aromatic heterocycles.